The van der Waals surface area contributed by atoms with Crippen molar-refractivity contribution in [1.82, 2.24) is 4.90 Å². The zero-order valence-electron chi connectivity index (χ0n) is 21.3. The van der Waals surface area contributed by atoms with Crippen LogP contribution in [0.15, 0.2) is 28.2 Å². The lowest BCUT2D eigenvalue weighted by Crippen LogP contribution is -2.58. The minimum Gasteiger partial charge on any atom is -0.444 e. The van der Waals surface area contributed by atoms with Gasteiger partial charge in [0.15, 0.2) is 0 Å². The topological polar surface area (TPSA) is 113 Å². The van der Waals surface area contributed by atoms with Crippen molar-refractivity contribution in [3.63, 3.8) is 0 Å². The summed E-state index contributed by atoms with van der Waals surface area (Å²) >= 11 is 0. The molecule has 1 saturated heterocycles. The van der Waals surface area contributed by atoms with Gasteiger partial charge in [-0.15, -0.1) is 0 Å². The molecule has 0 radical (unpaired) electrons. The Labute approximate surface area is 207 Å². The smallest absolute Gasteiger partial charge is 0.410 e. The normalized spacial score (nSPS) is 20.9. The zero-order valence-corrected chi connectivity index (χ0v) is 21.3. The van der Waals surface area contributed by atoms with Crippen LogP contribution in [0.3, 0.4) is 0 Å². The largest absolute Gasteiger partial charge is 0.444 e. The van der Waals surface area contributed by atoms with Crippen LogP contribution in [-0.2, 0) is 4.74 Å². The van der Waals surface area contributed by atoms with Gasteiger partial charge in [-0.05, 0) is 77.5 Å². The fourth-order valence-electron chi connectivity index (χ4n) is 5.37. The number of likely N-dealkylation sites (tertiary alicyclic amines) is 1. The first-order valence-electron chi connectivity index (χ1n) is 12.5. The second-order valence-electron chi connectivity index (χ2n) is 10.8. The molecule has 1 aromatic rings. The van der Waals surface area contributed by atoms with Gasteiger partial charge < -0.3 is 26.0 Å². The molecule has 9 nitrogen and oxygen atoms in total. The lowest BCUT2D eigenvalue weighted by molar-refractivity contribution is 0.0205. The van der Waals surface area contributed by atoms with Gasteiger partial charge in [0.25, 0.3) is 0 Å². The highest BCUT2D eigenvalue weighted by Gasteiger charge is 2.43. The average Bonchev–Trinajstić information content (AvgIpc) is 2.77. The van der Waals surface area contributed by atoms with Crippen molar-refractivity contribution in [2.24, 2.45) is 21.5 Å². The fraction of sp³-hybridized carbons (Fsp3) is 0.640. The Balaban J connectivity index is 1.48. The third-order valence-electron chi connectivity index (χ3n) is 7.08. The van der Waals surface area contributed by atoms with E-state index >= 15 is 4.39 Å². The molecule has 4 rings (SSSR count). The molecule has 0 bridgehead atoms. The van der Waals surface area contributed by atoms with Gasteiger partial charge in [0.05, 0.1) is 5.69 Å². The summed E-state index contributed by atoms with van der Waals surface area (Å²) in [5.74, 6) is 0.0884. The van der Waals surface area contributed by atoms with Gasteiger partial charge in [-0.2, -0.15) is 4.99 Å². The number of amides is 1. The first-order valence-corrected chi connectivity index (χ1v) is 12.5. The number of carbonyl (C=O) groups excluding carboxylic acids is 1. The van der Waals surface area contributed by atoms with Crippen LogP contribution in [0.2, 0.25) is 0 Å². The van der Waals surface area contributed by atoms with Crippen molar-refractivity contribution in [2.45, 2.75) is 83.0 Å². The van der Waals surface area contributed by atoms with Crippen molar-refractivity contribution in [3.05, 3.63) is 24.0 Å². The summed E-state index contributed by atoms with van der Waals surface area (Å²) in [5, 5.41) is 0. The molecule has 0 aromatic heterocycles. The van der Waals surface area contributed by atoms with Gasteiger partial charge in [-0.25, -0.2) is 14.2 Å². The Bertz CT molecular complexity index is 1010. The molecule has 2 fully saturated rings. The summed E-state index contributed by atoms with van der Waals surface area (Å²) < 4.78 is 20.9. The van der Waals surface area contributed by atoms with E-state index < -0.39 is 11.3 Å². The molecule has 0 atom stereocenters. The molecular weight excluding hydrogens is 449 g/mol. The van der Waals surface area contributed by atoms with E-state index in [0.717, 1.165) is 44.9 Å². The summed E-state index contributed by atoms with van der Waals surface area (Å²) in [6, 6.07) is 5.29. The highest BCUT2D eigenvalue weighted by atomic mass is 19.1. The Kier molecular flexibility index (Phi) is 6.83. The number of piperidine rings is 1. The Morgan fingerprint density at radius 2 is 1.83 bits per heavy atom. The van der Waals surface area contributed by atoms with Crippen LogP contribution in [0.5, 0.6) is 0 Å². The van der Waals surface area contributed by atoms with Crippen LogP contribution in [0.1, 0.15) is 65.7 Å². The van der Waals surface area contributed by atoms with Crippen molar-refractivity contribution >= 4 is 29.4 Å². The van der Waals surface area contributed by atoms with E-state index in [2.05, 4.69) is 9.98 Å². The summed E-state index contributed by atoms with van der Waals surface area (Å²) in [6.45, 7) is 6.73. The van der Waals surface area contributed by atoms with E-state index in [1.165, 1.54) is 6.07 Å². The van der Waals surface area contributed by atoms with E-state index in [9.17, 15) is 4.79 Å². The summed E-state index contributed by atoms with van der Waals surface area (Å²) in [5.41, 5.74) is 12.2. The van der Waals surface area contributed by atoms with E-state index in [4.69, 9.17) is 16.2 Å². The number of rotatable bonds is 3. The predicted octanol–water partition coefficient (Wildman–Crippen LogP) is 3.77. The van der Waals surface area contributed by atoms with Crippen molar-refractivity contribution in [3.8, 4) is 0 Å². The fourth-order valence-corrected chi connectivity index (χ4v) is 5.37. The number of nitrogens with zero attached hydrogens (tertiary/aromatic N) is 5. The highest BCUT2D eigenvalue weighted by molar-refractivity contribution is 6.05. The molecule has 0 unspecified atom stereocenters. The second kappa shape index (κ2) is 9.54. The van der Waals surface area contributed by atoms with E-state index in [1.807, 2.05) is 43.7 Å². The van der Waals surface area contributed by atoms with Crippen molar-refractivity contribution in [1.29, 1.82) is 0 Å². The summed E-state index contributed by atoms with van der Waals surface area (Å²) in [4.78, 5) is 26.7. The minimum atomic E-state index is -0.609. The monoisotopic (exact) mass is 487 g/mol. The number of aliphatic imine (C=N–C) groups is 2. The van der Waals surface area contributed by atoms with Gasteiger partial charge in [0.1, 0.15) is 17.1 Å². The number of guanidine groups is 2. The number of carbonyl (C=O) groups is 1. The number of nitrogens with two attached hydrogens (primary N) is 2. The molecule has 1 saturated carbocycles. The van der Waals surface area contributed by atoms with Crippen LogP contribution < -0.4 is 21.3 Å². The quantitative estimate of drug-likeness (QED) is 0.671. The third-order valence-corrected chi connectivity index (χ3v) is 7.08. The number of ether oxygens (including phenoxy) is 1. The van der Waals surface area contributed by atoms with E-state index in [0.29, 0.717) is 24.5 Å². The van der Waals surface area contributed by atoms with Crippen LogP contribution >= 0.6 is 0 Å². The van der Waals surface area contributed by atoms with Crippen LogP contribution in [-0.4, -0.2) is 60.4 Å². The Morgan fingerprint density at radius 1 is 1.17 bits per heavy atom. The molecule has 2 heterocycles. The van der Waals surface area contributed by atoms with Crippen molar-refractivity contribution < 1.29 is 13.9 Å². The Morgan fingerprint density at radius 3 is 2.43 bits per heavy atom. The molecule has 1 aromatic carbocycles. The molecule has 1 aliphatic carbocycles. The zero-order chi connectivity index (χ0) is 25.4. The highest BCUT2D eigenvalue weighted by Crippen LogP contribution is 2.40. The lowest BCUT2D eigenvalue weighted by atomic mass is 9.87. The second-order valence-corrected chi connectivity index (χ2v) is 10.8. The molecule has 2 aliphatic heterocycles. The Hall–Kier alpha value is -3.04. The molecule has 35 heavy (non-hydrogen) atoms. The van der Waals surface area contributed by atoms with Gasteiger partial charge in [0.2, 0.25) is 11.9 Å². The molecule has 10 heteroatoms. The maximum absolute atomic E-state index is 15.5. The van der Waals surface area contributed by atoms with Crippen molar-refractivity contribution in [2.75, 3.05) is 29.9 Å². The molecular formula is C25H38FN7O2. The molecule has 1 amide bonds. The number of benzene rings is 1. The van der Waals surface area contributed by atoms with Crippen LogP contribution in [0.4, 0.5) is 20.6 Å². The standard InChI is InChI=1S/C25H38FN7O2/c1-24(2,3)35-23(34)32-14-10-17(11-15-32)31(4)20-9-8-18(16-19(20)26)33-22(28)29-21(27)30-25(33)12-6-5-7-13-25/h8-9,16-17H,5-7,10-15H2,1-4H3,(H4,27,28,29,30). The number of halogens is 1. The first-order chi connectivity index (χ1) is 16.5. The first kappa shape index (κ1) is 25.1. The maximum atomic E-state index is 15.5. The molecule has 1 spiro atoms. The molecule has 192 valence electrons. The van der Waals surface area contributed by atoms with E-state index in [-0.39, 0.29) is 29.9 Å². The van der Waals surface area contributed by atoms with Crippen LogP contribution in [0.25, 0.3) is 0 Å². The van der Waals surface area contributed by atoms with Gasteiger partial charge >= 0.3 is 6.09 Å². The third kappa shape index (κ3) is 5.31. The average molecular weight is 488 g/mol. The summed E-state index contributed by atoms with van der Waals surface area (Å²) in [6.07, 6.45) is 5.91. The number of anilines is 2. The van der Waals surface area contributed by atoms with Gasteiger partial charge in [-0.1, -0.05) is 6.42 Å². The SMILES string of the molecule is CN(c1ccc(N2C(N)=NC(N)=NC23CCCCC3)cc1F)C1CCN(C(=O)OC(C)(C)C)CC1. The minimum absolute atomic E-state index is 0.116. The lowest BCUT2D eigenvalue weighted by Gasteiger charge is -2.45. The van der Waals surface area contributed by atoms with Gasteiger partial charge in [-0.3, -0.25) is 4.90 Å². The molecule has 3 aliphatic rings. The van der Waals surface area contributed by atoms with Crippen LogP contribution in [0, 0.1) is 5.82 Å². The maximum Gasteiger partial charge on any atom is 0.410 e. The number of hydrogen-bond donors (Lipinski definition) is 2. The summed E-state index contributed by atoms with van der Waals surface area (Å²) in [7, 11) is 1.90. The van der Waals surface area contributed by atoms with Gasteiger partial charge in [0, 0.05) is 31.9 Å². The molecule has 4 N–H and O–H groups in total. The van der Waals surface area contributed by atoms with E-state index in [1.54, 1.807) is 11.0 Å². The predicted molar refractivity (Wildman–Crippen MR) is 137 cm³/mol. The number of hydrogen-bond acceptors (Lipinski definition) is 8.